The zero-order valence-corrected chi connectivity index (χ0v) is 18.2. The van der Waals surface area contributed by atoms with Gasteiger partial charge in [0.05, 0.1) is 11.2 Å². The predicted octanol–water partition coefficient (Wildman–Crippen LogP) is 5.79. The van der Waals surface area contributed by atoms with E-state index < -0.39 is 0 Å². The molecule has 0 aliphatic heterocycles. The van der Waals surface area contributed by atoms with Gasteiger partial charge >= 0.3 is 0 Å². The second-order valence-corrected chi connectivity index (χ2v) is 8.37. The summed E-state index contributed by atoms with van der Waals surface area (Å²) in [6, 6.07) is 20.7. The van der Waals surface area contributed by atoms with Crippen molar-refractivity contribution in [3.05, 3.63) is 95.9 Å². The van der Waals surface area contributed by atoms with Crippen molar-refractivity contribution in [2.75, 3.05) is 0 Å². The summed E-state index contributed by atoms with van der Waals surface area (Å²) >= 11 is 1.67. The summed E-state index contributed by atoms with van der Waals surface area (Å²) in [5.74, 6) is 1.57. The molecule has 0 unspecified atom stereocenters. The van der Waals surface area contributed by atoms with Gasteiger partial charge in [0.1, 0.15) is 0 Å². The minimum atomic E-state index is 0.758. The maximum atomic E-state index is 4.59. The fourth-order valence-electron chi connectivity index (χ4n) is 3.57. The molecule has 3 heterocycles. The predicted molar refractivity (Wildman–Crippen MR) is 125 cm³/mol. The van der Waals surface area contributed by atoms with E-state index in [-0.39, 0.29) is 0 Å². The highest BCUT2D eigenvalue weighted by molar-refractivity contribution is 7.98. The number of hydrogen-bond donors (Lipinski definition) is 0. The fourth-order valence-corrected chi connectivity index (χ4v) is 4.51. The van der Waals surface area contributed by atoms with E-state index in [0.717, 1.165) is 38.9 Å². The summed E-state index contributed by atoms with van der Waals surface area (Å²) in [4.78, 5) is 8.73. The number of aromatic nitrogens is 5. The van der Waals surface area contributed by atoms with Crippen LogP contribution in [0.5, 0.6) is 0 Å². The molecule has 0 fully saturated rings. The van der Waals surface area contributed by atoms with Gasteiger partial charge < -0.3 is 0 Å². The summed E-state index contributed by atoms with van der Waals surface area (Å²) < 4.78 is 2.13. The largest absolute Gasteiger partial charge is 0.270 e. The molecule has 3 aromatic heterocycles. The monoisotopic (exact) mass is 423 g/mol. The van der Waals surface area contributed by atoms with E-state index in [1.807, 2.05) is 24.4 Å². The summed E-state index contributed by atoms with van der Waals surface area (Å²) in [5, 5.41) is 11.1. The van der Waals surface area contributed by atoms with E-state index in [1.54, 1.807) is 24.2 Å². The van der Waals surface area contributed by atoms with Crippen LogP contribution in [-0.4, -0.2) is 24.7 Å². The number of fused-ring (bicyclic) bond motifs is 1. The Kier molecular flexibility index (Phi) is 5.22. The van der Waals surface area contributed by atoms with Gasteiger partial charge in [-0.1, -0.05) is 42.1 Å². The van der Waals surface area contributed by atoms with Gasteiger partial charge in [0.2, 0.25) is 0 Å². The maximum Gasteiger partial charge on any atom is 0.196 e. The molecular weight excluding hydrogens is 402 g/mol. The third kappa shape index (κ3) is 3.82. The van der Waals surface area contributed by atoms with Crippen LogP contribution < -0.4 is 0 Å². The summed E-state index contributed by atoms with van der Waals surface area (Å²) in [5.41, 5.74) is 6.75. The molecule has 0 aliphatic carbocycles. The Bertz CT molecular complexity index is 1360. The lowest BCUT2D eigenvalue weighted by molar-refractivity contribution is 0.884. The van der Waals surface area contributed by atoms with E-state index in [2.05, 4.69) is 81.0 Å². The van der Waals surface area contributed by atoms with Crippen LogP contribution in [-0.2, 0) is 5.75 Å². The molecule has 6 heteroatoms. The number of para-hydroxylation sites is 1. The quantitative estimate of drug-likeness (QED) is 0.335. The van der Waals surface area contributed by atoms with Crippen LogP contribution in [0, 0.1) is 13.8 Å². The lowest BCUT2D eigenvalue weighted by Gasteiger charge is -2.12. The Morgan fingerprint density at radius 2 is 1.68 bits per heavy atom. The lowest BCUT2D eigenvalue weighted by atomic mass is 10.1. The van der Waals surface area contributed by atoms with E-state index in [0.29, 0.717) is 0 Å². The molecule has 2 aromatic carbocycles. The average molecular weight is 424 g/mol. The Morgan fingerprint density at radius 1 is 0.839 bits per heavy atom. The SMILES string of the molecule is Cc1ccc(-n2c(SCc3cccc4cccnc34)nnc2-c2ccncc2)cc1C. The molecule has 0 atom stereocenters. The second-order valence-electron chi connectivity index (χ2n) is 7.43. The van der Waals surface area contributed by atoms with Crippen molar-refractivity contribution >= 4 is 22.7 Å². The first-order chi connectivity index (χ1) is 15.2. The van der Waals surface area contributed by atoms with Gasteiger partial charge in [0.25, 0.3) is 0 Å². The van der Waals surface area contributed by atoms with Crippen molar-refractivity contribution < 1.29 is 0 Å². The first-order valence-electron chi connectivity index (χ1n) is 10.1. The van der Waals surface area contributed by atoms with Gasteiger partial charge in [0.15, 0.2) is 11.0 Å². The fraction of sp³-hybridized carbons (Fsp3) is 0.120. The Labute approximate surface area is 185 Å². The van der Waals surface area contributed by atoms with E-state index in [9.17, 15) is 0 Å². The molecule has 5 nitrogen and oxygen atoms in total. The number of hydrogen-bond acceptors (Lipinski definition) is 5. The molecule has 31 heavy (non-hydrogen) atoms. The van der Waals surface area contributed by atoms with Crippen molar-refractivity contribution in [2.24, 2.45) is 0 Å². The van der Waals surface area contributed by atoms with Crippen molar-refractivity contribution in [3.63, 3.8) is 0 Å². The van der Waals surface area contributed by atoms with Gasteiger partial charge in [-0.05, 0) is 60.9 Å². The number of pyridine rings is 2. The van der Waals surface area contributed by atoms with Crippen molar-refractivity contribution in [1.29, 1.82) is 0 Å². The maximum absolute atomic E-state index is 4.59. The van der Waals surface area contributed by atoms with Crippen molar-refractivity contribution in [3.8, 4) is 17.1 Å². The highest BCUT2D eigenvalue weighted by Gasteiger charge is 2.17. The van der Waals surface area contributed by atoms with Gasteiger partial charge in [-0.2, -0.15) is 0 Å². The number of rotatable bonds is 5. The lowest BCUT2D eigenvalue weighted by Crippen LogP contribution is -2.01. The molecule has 152 valence electrons. The smallest absolute Gasteiger partial charge is 0.196 e. The van der Waals surface area contributed by atoms with Crippen molar-refractivity contribution in [2.45, 2.75) is 24.8 Å². The van der Waals surface area contributed by atoms with E-state index in [1.165, 1.54) is 16.7 Å². The van der Waals surface area contributed by atoms with Gasteiger partial charge in [-0.25, -0.2) is 0 Å². The summed E-state index contributed by atoms with van der Waals surface area (Å²) in [6.07, 6.45) is 5.41. The van der Waals surface area contributed by atoms with Gasteiger partial charge in [0, 0.05) is 35.3 Å². The van der Waals surface area contributed by atoms with Crippen LogP contribution in [0.1, 0.15) is 16.7 Å². The van der Waals surface area contributed by atoms with Crippen LogP contribution in [0.4, 0.5) is 0 Å². The molecule has 0 N–H and O–H groups in total. The average Bonchev–Trinajstić information content (AvgIpc) is 3.24. The zero-order valence-electron chi connectivity index (χ0n) is 17.4. The molecule has 0 saturated carbocycles. The minimum Gasteiger partial charge on any atom is -0.270 e. The number of aryl methyl sites for hydroxylation is 2. The molecule has 0 saturated heterocycles. The van der Waals surface area contributed by atoms with Crippen LogP contribution >= 0.6 is 11.8 Å². The summed E-state index contributed by atoms with van der Waals surface area (Å²) in [6.45, 7) is 4.25. The molecule has 0 radical (unpaired) electrons. The molecule has 0 spiro atoms. The number of thioether (sulfide) groups is 1. The molecule has 0 bridgehead atoms. The molecule has 5 rings (SSSR count). The molecular formula is C25H21N5S. The van der Waals surface area contributed by atoms with Gasteiger partial charge in [-0.3, -0.25) is 14.5 Å². The number of benzene rings is 2. The Balaban J connectivity index is 1.57. The Morgan fingerprint density at radius 3 is 2.52 bits per heavy atom. The normalized spacial score (nSPS) is 11.2. The molecule has 0 amide bonds. The standard InChI is InChI=1S/C25H21N5S/c1-17-8-9-22(15-18(17)2)30-24(20-10-13-26-14-11-20)28-29-25(30)31-16-21-6-3-5-19-7-4-12-27-23(19)21/h3-15H,16H2,1-2H3. The zero-order chi connectivity index (χ0) is 21.2. The second kappa shape index (κ2) is 8.32. The summed E-state index contributed by atoms with van der Waals surface area (Å²) in [7, 11) is 0. The highest BCUT2D eigenvalue weighted by Crippen LogP contribution is 2.31. The van der Waals surface area contributed by atoms with Crippen LogP contribution in [0.3, 0.4) is 0 Å². The topological polar surface area (TPSA) is 56.5 Å². The molecule has 0 aliphatic rings. The first kappa shape index (κ1) is 19.5. The third-order valence-electron chi connectivity index (χ3n) is 5.39. The van der Waals surface area contributed by atoms with Crippen molar-refractivity contribution in [1.82, 2.24) is 24.7 Å². The third-order valence-corrected chi connectivity index (χ3v) is 6.37. The van der Waals surface area contributed by atoms with E-state index >= 15 is 0 Å². The van der Waals surface area contributed by atoms with Crippen LogP contribution in [0.25, 0.3) is 28.0 Å². The van der Waals surface area contributed by atoms with Crippen LogP contribution in [0.2, 0.25) is 0 Å². The molecule has 5 aromatic rings. The van der Waals surface area contributed by atoms with Gasteiger partial charge in [-0.15, -0.1) is 10.2 Å². The minimum absolute atomic E-state index is 0.758. The Hall–Kier alpha value is -3.51. The van der Waals surface area contributed by atoms with E-state index in [4.69, 9.17) is 0 Å². The first-order valence-corrected chi connectivity index (χ1v) is 11.1. The highest BCUT2D eigenvalue weighted by atomic mass is 32.2. The number of nitrogens with zero attached hydrogens (tertiary/aromatic N) is 5. The van der Waals surface area contributed by atoms with Crippen LogP contribution in [0.15, 0.2) is 84.4 Å².